The van der Waals surface area contributed by atoms with Crippen molar-refractivity contribution in [1.82, 2.24) is 0 Å². The van der Waals surface area contributed by atoms with Crippen molar-refractivity contribution in [2.75, 3.05) is 9.80 Å². The molecule has 0 saturated carbocycles. The van der Waals surface area contributed by atoms with Gasteiger partial charge in [0.05, 0.1) is 0 Å². The molecule has 2 heterocycles. The molecule has 2 aliphatic carbocycles. The third-order valence-electron chi connectivity index (χ3n) is 17.7. The molecule has 0 spiro atoms. The van der Waals surface area contributed by atoms with Gasteiger partial charge in [0.1, 0.15) is 22.3 Å². The lowest BCUT2D eigenvalue weighted by Crippen LogP contribution is -2.16. The minimum Gasteiger partial charge on any atom is -0.456 e. The summed E-state index contributed by atoms with van der Waals surface area (Å²) >= 11 is 0. The molecule has 2 aliphatic rings. The van der Waals surface area contributed by atoms with Crippen molar-refractivity contribution in [1.29, 1.82) is 0 Å². The highest BCUT2D eigenvalue weighted by molar-refractivity contribution is 6.18. The lowest BCUT2D eigenvalue weighted by atomic mass is 9.82. The molecule has 0 unspecified atom stereocenters. The lowest BCUT2D eigenvalue weighted by molar-refractivity contribution is 0.660. The standard InChI is InChI=1S/C74H60N2O2/c1-43(2)45-17-23-51(24-18-45)75(55-29-31-59-57-13-9-11-15-65(57)73(5,6)67(59)39-55)53-27-21-47-35-61-63-41-72-64(42-71(63)77-69(61)37-49(47)33-53)62-36-48-22-28-54(34-50(48)38-70(62)78-72)76(52-25-19-46(20-26-52)44(3)4)56-30-32-60-58-14-10-12-16-66(58)74(7,8)68(60)40-56/h9-44H,1-8H3. The van der Waals surface area contributed by atoms with Gasteiger partial charge in [-0.2, -0.15) is 0 Å². The molecule has 4 heteroatoms. The molecule has 0 amide bonds. The molecule has 0 bridgehead atoms. The molecule has 4 nitrogen and oxygen atoms in total. The van der Waals surface area contributed by atoms with Crippen molar-refractivity contribution < 1.29 is 8.83 Å². The maximum atomic E-state index is 6.83. The maximum Gasteiger partial charge on any atom is 0.136 e. The number of furan rings is 2. The molecular weight excluding hydrogens is 949 g/mol. The van der Waals surface area contributed by atoms with Crippen LogP contribution in [-0.2, 0) is 10.8 Å². The second kappa shape index (κ2) is 16.8. The molecule has 378 valence electrons. The molecule has 0 N–H and O–H groups in total. The summed E-state index contributed by atoms with van der Waals surface area (Å²) in [4.78, 5) is 4.82. The first kappa shape index (κ1) is 46.4. The Hall–Kier alpha value is -8.86. The zero-order valence-electron chi connectivity index (χ0n) is 45.5. The van der Waals surface area contributed by atoms with Crippen molar-refractivity contribution >= 4 is 99.5 Å². The Kier molecular flexibility index (Phi) is 10.0. The van der Waals surface area contributed by atoms with E-state index < -0.39 is 0 Å². The minimum atomic E-state index is -0.115. The van der Waals surface area contributed by atoms with Crippen molar-refractivity contribution in [3.63, 3.8) is 0 Å². The van der Waals surface area contributed by atoms with Gasteiger partial charge in [-0.15, -0.1) is 0 Å². The Morgan fingerprint density at radius 1 is 0.295 bits per heavy atom. The van der Waals surface area contributed by atoms with Gasteiger partial charge in [0.25, 0.3) is 0 Å². The van der Waals surface area contributed by atoms with Gasteiger partial charge in [0.2, 0.25) is 0 Å². The van der Waals surface area contributed by atoms with E-state index in [2.05, 4.69) is 271 Å². The van der Waals surface area contributed by atoms with E-state index in [0.717, 1.165) is 99.5 Å². The fourth-order valence-corrected chi connectivity index (χ4v) is 13.4. The van der Waals surface area contributed by atoms with Crippen LogP contribution in [0.15, 0.2) is 215 Å². The van der Waals surface area contributed by atoms with E-state index in [1.807, 2.05) is 0 Å². The molecule has 0 radical (unpaired) electrons. The van der Waals surface area contributed by atoms with Gasteiger partial charge in [0, 0.05) is 66.5 Å². The summed E-state index contributed by atoms with van der Waals surface area (Å²) in [5.74, 6) is 0.890. The minimum absolute atomic E-state index is 0.115. The van der Waals surface area contributed by atoms with Crippen LogP contribution < -0.4 is 9.80 Å². The number of hydrogen-bond acceptors (Lipinski definition) is 4. The Morgan fingerprint density at radius 2 is 0.628 bits per heavy atom. The number of rotatable bonds is 8. The highest BCUT2D eigenvalue weighted by Crippen LogP contribution is 2.53. The van der Waals surface area contributed by atoms with Crippen molar-refractivity contribution in [3.8, 4) is 22.3 Å². The number of fused-ring (bicyclic) bond motifs is 14. The molecule has 78 heavy (non-hydrogen) atoms. The molecule has 13 aromatic rings. The Bertz CT molecular complexity index is 4330. The summed E-state index contributed by atoms with van der Waals surface area (Å²) in [5, 5.41) is 8.78. The third-order valence-corrected chi connectivity index (χ3v) is 17.7. The SMILES string of the molecule is CC(C)c1ccc(N(c2ccc3c(c2)C(C)(C)c2ccccc2-3)c2ccc3cc4c(cc3c2)oc2cc3c(cc24)oc2cc4cc(N(c5ccc(C(C)C)cc5)c5ccc6c(c5)C(C)(C)c5ccccc5-6)ccc4cc23)cc1. The van der Waals surface area contributed by atoms with E-state index in [1.54, 1.807) is 0 Å². The van der Waals surface area contributed by atoms with E-state index in [9.17, 15) is 0 Å². The number of benzene rings is 11. The Balaban J connectivity index is 0.806. The largest absolute Gasteiger partial charge is 0.456 e. The summed E-state index contributed by atoms with van der Waals surface area (Å²) in [6.07, 6.45) is 0. The summed E-state index contributed by atoms with van der Waals surface area (Å²) in [5.41, 5.74) is 23.3. The third kappa shape index (κ3) is 6.98. The highest BCUT2D eigenvalue weighted by Gasteiger charge is 2.37. The van der Waals surface area contributed by atoms with E-state index in [0.29, 0.717) is 11.8 Å². The van der Waals surface area contributed by atoms with Crippen LogP contribution in [-0.4, -0.2) is 0 Å². The summed E-state index contributed by atoms with van der Waals surface area (Å²) in [6.45, 7) is 18.4. The number of anilines is 6. The van der Waals surface area contributed by atoms with Crippen LogP contribution in [0.1, 0.15) is 101 Å². The van der Waals surface area contributed by atoms with E-state index in [4.69, 9.17) is 8.83 Å². The molecular formula is C74H60N2O2. The van der Waals surface area contributed by atoms with Crippen LogP contribution in [0.4, 0.5) is 34.1 Å². The van der Waals surface area contributed by atoms with Gasteiger partial charge < -0.3 is 18.6 Å². The van der Waals surface area contributed by atoms with Gasteiger partial charge in [-0.05, 0) is 198 Å². The topological polar surface area (TPSA) is 32.8 Å². The zero-order chi connectivity index (χ0) is 52.9. The van der Waals surface area contributed by atoms with Gasteiger partial charge in [-0.1, -0.05) is 152 Å². The van der Waals surface area contributed by atoms with Crippen molar-refractivity contribution in [3.05, 3.63) is 240 Å². The Morgan fingerprint density at radius 3 is 1.04 bits per heavy atom. The van der Waals surface area contributed by atoms with Crippen LogP contribution >= 0.6 is 0 Å². The van der Waals surface area contributed by atoms with Gasteiger partial charge in [-0.3, -0.25) is 0 Å². The first-order valence-corrected chi connectivity index (χ1v) is 27.8. The molecule has 11 aromatic carbocycles. The summed E-state index contributed by atoms with van der Waals surface area (Å²) in [6, 6.07) is 77.0. The predicted octanol–water partition coefficient (Wildman–Crippen LogP) is 21.6. The number of nitrogens with zero attached hydrogens (tertiary/aromatic N) is 2. The average molecular weight is 1010 g/mol. The lowest BCUT2D eigenvalue weighted by Gasteiger charge is -2.28. The molecule has 0 fully saturated rings. The van der Waals surface area contributed by atoms with E-state index in [-0.39, 0.29) is 10.8 Å². The summed E-state index contributed by atoms with van der Waals surface area (Å²) < 4.78 is 13.7. The van der Waals surface area contributed by atoms with Crippen LogP contribution in [0.2, 0.25) is 0 Å². The first-order chi connectivity index (χ1) is 37.8. The molecule has 2 aromatic heterocycles. The van der Waals surface area contributed by atoms with Gasteiger partial charge in [-0.25, -0.2) is 0 Å². The van der Waals surface area contributed by atoms with Gasteiger partial charge in [0.15, 0.2) is 0 Å². The second-order valence-electron chi connectivity index (χ2n) is 23.8. The number of hydrogen-bond donors (Lipinski definition) is 0. The predicted molar refractivity (Wildman–Crippen MR) is 329 cm³/mol. The quantitative estimate of drug-likeness (QED) is 0.152. The van der Waals surface area contributed by atoms with Crippen molar-refractivity contribution in [2.45, 2.75) is 78.1 Å². The van der Waals surface area contributed by atoms with Crippen LogP contribution in [0.5, 0.6) is 0 Å². The first-order valence-electron chi connectivity index (χ1n) is 27.8. The molecule has 0 atom stereocenters. The summed E-state index contributed by atoms with van der Waals surface area (Å²) in [7, 11) is 0. The zero-order valence-corrected chi connectivity index (χ0v) is 45.5. The van der Waals surface area contributed by atoms with E-state index in [1.165, 1.54) is 55.6 Å². The molecule has 0 aliphatic heterocycles. The Labute approximate surface area is 455 Å². The van der Waals surface area contributed by atoms with Crippen LogP contribution in [0.25, 0.3) is 87.7 Å². The van der Waals surface area contributed by atoms with Crippen molar-refractivity contribution in [2.24, 2.45) is 0 Å². The molecule has 0 saturated heterocycles. The normalized spacial score (nSPS) is 14.1. The smallest absolute Gasteiger partial charge is 0.136 e. The van der Waals surface area contributed by atoms with Crippen LogP contribution in [0.3, 0.4) is 0 Å². The van der Waals surface area contributed by atoms with Crippen LogP contribution in [0, 0.1) is 0 Å². The fraction of sp³-hybridized carbons (Fsp3) is 0.162. The second-order valence-corrected chi connectivity index (χ2v) is 23.8. The van der Waals surface area contributed by atoms with E-state index >= 15 is 0 Å². The fourth-order valence-electron chi connectivity index (χ4n) is 13.4. The molecule has 15 rings (SSSR count). The maximum absolute atomic E-state index is 6.83. The monoisotopic (exact) mass is 1010 g/mol. The highest BCUT2D eigenvalue weighted by atomic mass is 16.3. The van der Waals surface area contributed by atoms with Gasteiger partial charge >= 0.3 is 0 Å². The average Bonchev–Trinajstić information content (AvgIpc) is 4.34.